The summed E-state index contributed by atoms with van der Waals surface area (Å²) in [5.74, 6) is 0. The molecule has 0 aliphatic heterocycles. The van der Waals surface area contributed by atoms with Gasteiger partial charge in [0, 0.05) is 22.0 Å². The standard InChI is InChI=1S/C8H8BrCl.C8H9ClO/c9-6-5-7-1-3-8(10)4-2-7;9-8-3-1-7(2-4-8)5-6-10/h1-4H,5-6H2;1-4,10H,5-6H2. The van der Waals surface area contributed by atoms with Gasteiger partial charge in [-0.25, -0.2) is 0 Å². The minimum absolute atomic E-state index is 0.196. The van der Waals surface area contributed by atoms with Crippen LogP contribution in [0.15, 0.2) is 48.5 Å². The van der Waals surface area contributed by atoms with E-state index in [-0.39, 0.29) is 6.61 Å². The Morgan fingerprint density at radius 1 is 0.750 bits per heavy atom. The Morgan fingerprint density at radius 3 is 1.50 bits per heavy atom. The summed E-state index contributed by atoms with van der Waals surface area (Å²) in [5, 5.41) is 11.1. The zero-order chi connectivity index (χ0) is 14.8. The van der Waals surface area contributed by atoms with Gasteiger partial charge in [-0.2, -0.15) is 0 Å². The Bertz CT molecular complexity index is 435. The average molecular weight is 376 g/mol. The molecule has 0 aliphatic carbocycles. The number of rotatable bonds is 4. The molecular formula is C16H17BrCl2O. The minimum Gasteiger partial charge on any atom is -0.396 e. The topological polar surface area (TPSA) is 20.2 Å². The van der Waals surface area contributed by atoms with Crippen molar-refractivity contribution in [3.8, 4) is 0 Å². The zero-order valence-electron chi connectivity index (χ0n) is 11.0. The van der Waals surface area contributed by atoms with Gasteiger partial charge in [-0.1, -0.05) is 63.4 Å². The van der Waals surface area contributed by atoms with Crippen LogP contribution in [0.3, 0.4) is 0 Å². The molecule has 2 rings (SSSR count). The van der Waals surface area contributed by atoms with Gasteiger partial charge in [0.2, 0.25) is 0 Å². The molecule has 0 aromatic heterocycles. The van der Waals surface area contributed by atoms with Crippen molar-refractivity contribution >= 4 is 39.1 Å². The van der Waals surface area contributed by atoms with Gasteiger partial charge < -0.3 is 5.11 Å². The summed E-state index contributed by atoms with van der Waals surface area (Å²) in [6.07, 6.45) is 1.77. The van der Waals surface area contributed by atoms with Crippen LogP contribution in [0, 0.1) is 0 Å². The van der Waals surface area contributed by atoms with Crippen molar-refractivity contribution in [3.63, 3.8) is 0 Å². The molecule has 0 atom stereocenters. The molecule has 108 valence electrons. The molecule has 1 nitrogen and oxygen atoms in total. The van der Waals surface area contributed by atoms with Crippen LogP contribution in [0.1, 0.15) is 11.1 Å². The van der Waals surface area contributed by atoms with E-state index in [1.165, 1.54) is 5.56 Å². The molecule has 0 saturated heterocycles. The second-order valence-electron chi connectivity index (χ2n) is 4.17. The van der Waals surface area contributed by atoms with Crippen molar-refractivity contribution in [1.82, 2.24) is 0 Å². The molecule has 0 fully saturated rings. The van der Waals surface area contributed by atoms with Gasteiger partial charge >= 0.3 is 0 Å². The monoisotopic (exact) mass is 374 g/mol. The molecule has 0 aliphatic rings. The molecule has 2 aromatic carbocycles. The smallest absolute Gasteiger partial charge is 0.0471 e. The largest absolute Gasteiger partial charge is 0.396 e. The maximum absolute atomic E-state index is 8.56. The van der Waals surface area contributed by atoms with E-state index in [4.69, 9.17) is 28.3 Å². The van der Waals surface area contributed by atoms with Crippen LogP contribution in [0.5, 0.6) is 0 Å². The van der Waals surface area contributed by atoms with E-state index < -0.39 is 0 Å². The number of aliphatic hydroxyl groups excluding tert-OH is 1. The van der Waals surface area contributed by atoms with Gasteiger partial charge in [-0.3, -0.25) is 0 Å². The molecule has 4 heteroatoms. The molecule has 0 amide bonds. The van der Waals surface area contributed by atoms with Crippen LogP contribution in [0.4, 0.5) is 0 Å². The van der Waals surface area contributed by atoms with Gasteiger partial charge in [0.15, 0.2) is 0 Å². The van der Waals surface area contributed by atoms with E-state index in [1.807, 2.05) is 48.5 Å². The first-order valence-electron chi connectivity index (χ1n) is 6.31. The van der Waals surface area contributed by atoms with Crippen LogP contribution >= 0.6 is 39.1 Å². The summed E-state index contributed by atoms with van der Waals surface area (Å²) >= 11 is 14.7. The number of alkyl halides is 1. The van der Waals surface area contributed by atoms with Gasteiger partial charge in [0.1, 0.15) is 0 Å². The second-order valence-corrected chi connectivity index (χ2v) is 5.83. The lowest BCUT2D eigenvalue weighted by Gasteiger charge is -1.95. The van der Waals surface area contributed by atoms with Gasteiger partial charge in [0.25, 0.3) is 0 Å². The van der Waals surface area contributed by atoms with Gasteiger partial charge in [-0.05, 0) is 48.2 Å². The molecule has 0 bridgehead atoms. The van der Waals surface area contributed by atoms with Crippen molar-refractivity contribution in [3.05, 3.63) is 69.7 Å². The summed E-state index contributed by atoms with van der Waals surface area (Å²) in [7, 11) is 0. The molecule has 0 spiro atoms. The SMILES string of the molecule is Clc1ccc(CCBr)cc1.OCCc1ccc(Cl)cc1. The Hall–Kier alpha value is -0.540. The number of hydrogen-bond acceptors (Lipinski definition) is 1. The fraction of sp³-hybridized carbons (Fsp3) is 0.250. The van der Waals surface area contributed by atoms with Crippen LogP contribution in [-0.4, -0.2) is 17.0 Å². The van der Waals surface area contributed by atoms with E-state index in [2.05, 4.69) is 15.9 Å². The first-order chi connectivity index (χ1) is 9.65. The number of aliphatic hydroxyl groups is 1. The third kappa shape index (κ3) is 7.30. The Labute approximate surface area is 138 Å². The fourth-order valence-electron chi connectivity index (χ4n) is 1.54. The summed E-state index contributed by atoms with van der Waals surface area (Å²) < 4.78 is 0. The number of halogens is 3. The summed E-state index contributed by atoms with van der Waals surface area (Å²) in [6.45, 7) is 0.196. The third-order valence-corrected chi connectivity index (χ3v) is 3.51. The lowest BCUT2D eigenvalue weighted by atomic mass is 10.2. The third-order valence-electron chi connectivity index (χ3n) is 2.61. The van der Waals surface area contributed by atoms with Crippen molar-refractivity contribution in [2.24, 2.45) is 0 Å². The summed E-state index contributed by atoms with van der Waals surface area (Å²) in [4.78, 5) is 0. The average Bonchev–Trinajstić information content (AvgIpc) is 2.45. The van der Waals surface area contributed by atoms with Crippen LogP contribution in [0.2, 0.25) is 10.0 Å². The number of aryl methyl sites for hydroxylation is 1. The molecule has 2 aromatic rings. The molecule has 0 heterocycles. The maximum Gasteiger partial charge on any atom is 0.0471 e. The van der Waals surface area contributed by atoms with Crippen LogP contribution in [-0.2, 0) is 12.8 Å². The maximum atomic E-state index is 8.56. The van der Waals surface area contributed by atoms with Gasteiger partial charge in [0.05, 0.1) is 0 Å². The molecule has 0 radical (unpaired) electrons. The normalized spacial score (nSPS) is 9.80. The Morgan fingerprint density at radius 2 is 1.15 bits per heavy atom. The molecule has 1 N–H and O–H groups in total. The van der Waals surface area contributed by atoms with E-state index in [1.54, 1.807) is 0 Å². The highest BCUT2D eigenvalue weighted by Crippen LogP contribution is 2.10. The van der Waals surface area contributed by atoms with Crippen molar-refractivity contribution < 1.29 is 5.11 Å². The van der Waals surface area contributed by atoms with E-state index in [0.717, 1.165) is 27.4 Å². The van der Waals surface area contributed by atoms with Crippen LogP contribution < -0.4 is 0 Å². The van der Waals surface area contributed by atoms with E-state index >= 15 is 0 Å². The first-order valence-corrected chi connectivity index (χ1v) is 8.19. The van der Waals surface area contributed by atoms with Gasteiger partial charge in [-0.15, -0.1) is 0 Å². The highest BCUT2D eigenvalue weighted by Gasteiger charge is 1.90. The van der Waals surface area contributed by atoms with Crippen molar-refractivity contribution in [1.29, 1.82) is 0 Å². The van der Waals surface area contributed by atoms with Crippen LogP contribution in [0.25, 0.3) is 0 Å². The Kier molecular flexibility index (Phi) is 8.95. The quantitative estimate of drug-likeness (QED) is 0.732. The fourth-order valence-corrected chi connectivity index (χ4v) is 2.25. The molecule has 0 saturated carbocycles. The van der Waals surface area contributed by atoms with Crippen molar-refractivity contribution in [2.75, 3.05) is 11.9 Å². The first kappa shape index (κ1) is 17.5. The summed E-state index contributed by atoms with van der Waals surface area (Å²) in [5.41, 5.74) is 2.44. The van der Waals surface area contributed by atoms with E-state index in [9.17, 15) is 0 Å². The van der Waals surface area contributed by atoms with Crippen molar-refractivity contribution in [2.45, 2.75) is 12.8 Å². The van der Waals surface area contributed by atoms with E-state index in [0.29, 0.717) is 6.42 Å². The summed E-state index contributed by atoms with van der Waals surface area (Å²) in [6, 6.07) is 15.4. The lowest BCUT2D eigenvalue weighted by Crippen LogP contribution is -1.88. The predicted molar refractivity (Wildman–Crippen MR) is 91.2 cm³/mol. The minimum atomic E-state index is 0.196. The lowest BCUT2D eigenvalue weighted by molar-refractivity contribution is 0.299. The molecular weight excluding hydrogens is 359 g/mol. The highest BCUT2D eigenvalue weighted by molar-refractivity contribution is 9.09. The highest BCUT2D eigenvalue weighted by atomic mass is 79.9. The molecule has 0 unspecified atom stereocenters. The predicted octanol–water partition coefficient (Wildman–Crippen LogP) is 5.15. The zero-order valence-corrected chi connectivity index (χ0v) is 14.1. The molecule has 20 heavy (non-hydrogen) atoms. The number of hydrogen-bond donors (Lipinski definition) is 1. The Balaban J connectivity index is 0.000000200. The second kappa shape index (κ2) is 10.2. The number of benzene rings is 2.